The Morgan fingerprint density at radius 3 is 1.88 bits per heavy atom. The quantitative estimate of drug-likeness (QED) is 0.178. The lowest BCUT2D eigenvalue weighted by atomic mass is 9.96. The van der Waals surface area contributed by atoms with E-state index in [0.717, 1.165) is 105 Å². The highest BCUT2D eigenvalue weighted by Crippen LogP contribution is 2.46. The summed E-state index contributed by atoms with van der Waals surface area (Å²) in [6.45, 7) is 0. The van der Waals surface area contributed by atoms with Crippen molar-refractivity contribution in [3.63, 3.8) is 0 Å². The molecule has 4 nitrogen and oxygen atoms in total. The highest BCUT2D eigenvalue weighted by molar-refractivity contribution is 6.19. The number of anilines is 3. The van der Waals surface area contributed by atoms with Gasteiger partial charge in [-0.3, -0.25) is 0 Å². The molecule has 0 saturated heterocycles. The van der Waals surface area contributed by atoms with E-state index >= 15 is 0 Å². The summed E-state index contributed by atoms with van der Waals surface area (Å²) >= 11 is 0. The van der Waals surface area contributed by atoms with E-state index in [4.69, 9.17) is 13.3 Å². The predicted octanol–water partition coefficient (Wildman–Crippen LogP) is 15.3. The molecule has 3 aromatic heterocycles. The molecule has 0 aliphatic carbocycles. The van der Waals surface area contributed by atoms with Crippen molar-refractivity contribution in [1.29, 1.82) is 0 Å². The minimum atomic E-state index is 0.840. The average molecular weight is 718 g/mol. The summed E-state index contributed by atoms with van der Waals surface area (Å²) in [6.07, 6.45) is 0. The monoisotopic (exact) mass is 717 g/mol. The van der Waals surface area contributed by atoms with Crippen molar-refractivity contribution in [3.8, 4) is 22.3 Å². The molecular formula is C52H31NO3. The molecule has 262 valence electrons. The molecule has 0 aliphatic heterocycles. The standard InChI is InChI=1S/C52H31NO3/c1-2-14-35(15-3-1)53(36-28-26-32-12-4-5-13-33(32)30-36)44-22-11-25-48-50(44)42-21-8-17-37(51(42)56-48)34-27-29-46-43(31-34)40-20-9-19-39(52(40)55-46)38-18-10-24-47-49(38)41-16-6-7-23-45(41)54-47/h1-31H. The van der Waals surface area contributed by atoms with Crippen LogP contribution in [-0.2, 0) is 0 Å². The van der Waals surface area contributed by atoms with Crippen LogP contribution < -0.4 is 4.90 Å². The molecule has 0 atom stereocenters. The fourth-order valence-corrected chi connectivity index (χ4v) is 8.74. The van der Waals surface area contributed by atoms with E-state index < -0.39 is 0 Å². The molecule has 56 heavy (non-hydrogen) atoms. The van der Waals surface area contributed by atoms with Gasteiger partial charge in [-0.05, 0) is 82.6 Å². The Kier molecular flexibility index (Phi) is 6.60. The molecule has 0 fully saturated rings. The van der Waals surface area contributed by atoms with E-state index in [9.17, 15) is 0 Å². The Morgan fingerprint density at radius 1 is 0.321 bits per heavy atom. The van der Waals surface area contributed by atoms with Gasteiger partial charge in [0.2, 0.25) is 0 Å². The van der Waals surface area contributed by atoms with Crippen LogP contribution in [0.25, 0.3) is 98.8 Å². The molecule has 0 saturated carbocycles. The Bertz CT molecular complexity index is 3500. The van der Waals surface area contributed by atoms with E-state index in [1.807, 2.05) is 18.2 Å². The lowest BCUT2D eigenvalue weighted by Crippen LogP contribution is -2.10. The molecule has 0 bridgehead atoms. The van der Waals surface area contributed by atoms with E-state index in [1.165, 1.54) is 10.8 Å². The second-order valence-electron chi connectivity index (χ2n) is 14.4. The minimum Gasteiger partial charge on any atom is -0.456 e. The van der Waals surface area contributed by atoms with Crippen LogP contribution in [0.15, 0.2) is 201 Å². The Labute approximate surface area is 321 Å². The van der Waals surface area contributed by atoms with Gasteiger partial charge in [-0.2, -0.15) is 0 Å². The van der Waals surface area contributed by atoms with Crippen molar-refractivity contribution in [1.82, 2.24) is 0 Å². The molecular weight excluding hydrogens is 687 g/mol. The Balaban J connectivity index is 1.03. The number of para-hydroxylation sites is 4. The first-order valence-electron chi connectivity index (χ1n) is 18.9. The molecule has 3 heterocycles. The normalized spacial score (nSPS) is 11.9. The van der Waals surface area contributed by atoms with Crippen molar-refractivity contribution in [2.75, 3.05) is 4.90 Å². The molecule has 12 aromatic rings. The predicted molar refractivity (Wildman–Crippen MR) is 231 cm³/mol. The fraction of sp³-hybridized carbons (Fsp3) is 0. The van der Waals surface area contributed by atoms with Crippen molar-refractivity contribution >= 4 is 93.7 Å². The number of rotatable bonds is 5. The summed E-state index contributed by atoms with van der Waals surface area (Å²) in [5.74, 6) is 0. The zero-order chi connectivity index (χ0) is 36.7. The van der Waals surface area contributed by atoms with Gasteiger partial charge in [0.1, 0.15) is 33.5 Å². The molecule has 0 N–H and O–H groups in total. The lowest BCUT2D eigenvalue weighted by Gasteiger charge is -2.26. The molecule has 0 amide bonds. The average Bonchev–Trinajstić information content (AvgIpc) is 3.95. The number of hydrogen-bond acceptors (Lipinski definition) is 4. The van der Waals surface area contributed by atoms with E-state index in [0.29, 0.717) is 0 Å². The summed E-state index contributed by atoms with van der Waals surface area (Å²) in [5, 5.41) is 8.86. The van der Waals surface area contributed by atoms with Crippen molar-refractivity contribution in [2.45, 2.75) is 0 Å². The van der Waals surface area contributed by atoms with Gasteiger partial charge in [0.15, 0.2) is 0 Å². The first-order valence-corrected chi connectivity index (χ1v) is 18.9. The van der Waals surface area contributed by atoms with Crippen LogP contribution in [-0.4, -0.2) is 0 Å². The van der Waals surface area contributed by atoms with Crippen molar-refractivity contribution in [3.05, 3.63) is 188 Å². The van der Waals surface area contributed by atoms with Gasteiger partial charge in [-0.25, -0.2) is 0 Å². The Hall–Kier alpha value is -7.56. The van der Waals surface area contributed by atoms with E-state index in [2.05, 4.69) is 175 Å². The molecule has 12 rings (SSSR count). The summed E-state index contributed by atoms with van der Waals surface area (Å²) in [4.78, 5) is 2.34. The van der Waals surface area contributed by atoms with Crippen LogP contribution in [0.4, 0.5) is 17.1 Å². The van der Waals surface area contributed by atoms with Gasteiger partial charge >= 0.3 is 0 Å². The largest absolute Gasteiger partial charge is 0.456 e. The van der Waals surface area contributed by atoms with Gasteiger partial charge in [0, 0.05) is 49.4 Å². The number of nitrogens with zero attached hydrogens (tertiary/aromatic N) is 1. The first-order chi connectivity index (χ1) is 27.8. The third kappa shape index (κ3) is 4.60. The second kappa shape index (κ2) is 12.0. The lowest BCUT2D eigenvalue weighted by molar-refractivity contribution is 0.668. The molecule has 4 heteroatoms. The highest BCUT2D eigenvalue weighted by Gasteiger charge is 2.22. The Morgan fingerprint density at radius 2 is 0.964 bits per heavy atom. The van der Waals surface area contributed by atoms with E-state index in [-0.39, 0.29) is 0 Å². The maximum atomic E-state index is 6.84. The maximum absolute atomic E-state index is 6.84. The summed E-state index contributed by atoms with van der Waals surface area (Å²) in [6, 6.07) is 65.9. The van der Waals surface area contributed by atoms with Gasteiger partial charge in [-0.15, -0.1) is 0 Å². The summed E-state index contributed by atoms with van der Waals surface area (Å²) < 4.78 is 19.8. The third-order valence-corrected chi connectivity index (χ3v) is 11.2. The SMILES string of the molecule is c1ccc(N(c2ccc3ccccc3c2)c2cccc3oc4c(-c5ccc6oc7c(-c8cccc9oc%10ccccc%10c89)cccc7c6c5)cccc4c23)cc1. The highest BCUT2D eigenvalue weighted by atomic mass is 16.3. The van der Waals surface area contributed by atoms with Crippen LogP contribution in [0, 0.1) is 0 Å². The number of benzene rings is 9. The third-order valence-electron chi connectivity index (χ3n) is 11.2. The number of hydrogen-bond donors (Lipinski definition) is 0. The van der Waals surface area contributed by atoms with Gasteiger partial charge in [0.25, 0.3) is 0 Å². The first kappa shape index (κ1) is 30.9. The van der Waals surface area contributed by atoms with Crippen molar-refractivity contribution in [2.24, 2.45) is 0 Å². The molecule has 0 spiro atoms. The van der Waals surface area contributed by atoms with Crippen LogP contribution in [0.3, 0.4) is 0 Å². The number of fused-ring (bicyclic) bond motifs is 10. The van der Waals surface area contributed by atoms with Crippen molar-refractivity contribution < 1.29 is 13.3 Å². The molecule has 0 aliphatic rings. The van der Waals surface area contributed by atoms with E-state index in [1.54, 1.807) is 0 Å². The zero-order valence-corrected chi connectivity index (χ0v) is 30.1. The fourth-order valence-electron chi connectivity index (χ4n) is 8.74. The van der Waals surface area contributed by atoms with Gasteiger partial charge in [-0.1, -0.05) is 127 Å². The van der Waals surface area contributed by atoms with Crippen LogP contribution in [0.5, 0.6) is 0 Å². The maximum Gasteiger partial charge on any atom is 0.143 e. The second-order valence-corrected chi connectivity index (χ2v) is 14.4. The van der Waals surface area contributed by atoms with Crippen LogP contribution in [0.2, 0.25) is 0 Å². The van der Waals surface area contributed by atoms with Gasteiger partial charge < -0.3 is 18.2 Å². The number of furan rings is 3. The molecule has 0 unspecified atom stereocenters. The summed E-state index contributed by atoms with van der Waals surface area (Å²) in [7, 11) is 0. The zero-order valence-electron chi connectivity index (χ0n) is 30.1. The molecule has 0 radical (unpaired) electrons. The topological polar surface area (TPSA) is 42.7 Å². The minimum absolute atomic E-state index is 0.840. The smallest absolute Gasteiger partial charge is 0.143 e. The molecule has 9 aromatic carbocycles. The summed E-state index contributed by atoms with van der Waals surface area (Å²) in [5.41, 5.74) is 12.6. The van der Waals surface area contributed by atoms with Gasteiger partial charge in [0.05, 0.1) is 11.1 Å². The van der Waals surface area contributed by atoms with Crippen LogP contribution >= 0.6 is 0 Å². The van der Waals surface area contributed by atoms with Crippen LogP contribution in [0.1, 0.15) is 0 Å².